The van der Waals surface area contributed by atoms with Crippen molar-refractivity contribution in [3.05, 3.63) is 0 Å². The normalized spacial score (nSPS) is 11.2. The minimum absolute atomic E-state index is 0.0869. The maximum Gasteiger partial charge on any atom is 0.484 e. The van der Waals surface area contributed by atoms with Crippen molar-refractivity contribution in [1.82, 2.24) is 0 Å². The molecule has 0 radical (unpaired) electrons. The molecule has 0 spiro atoms. The van der Waals surface area contributed by atoms with Crippen molar-refractivity contribution in [3.63, 3.8) is 0 Å². The lowest BCUT2D eigenvalue weighted by Gasteiger charge is -2.17. The number of hydrogen-bond acceptors (Lipinski definition) is 3. The highest BCUT2D eigenvalue weighted by Crippen LogP contribution is 1.98. The molecule has 0 rings (SSSR count). The first-order chi connectivity index (χ1) is 5.06. The van der Waals surface area contributed by atoms with Crippen molar-refractivity contribution in [2.24, 2.45) is 0 Å². The Labute approximate surface area is 68.8 Å². The molecular weight excluding hydrogens is 143 g/mol. The molecule has 0 saturated carbocycles. The zero-order chi connectivity index (χ0) is 8.85. The summed E-state index contributed by atoms with van der Waals surface area (Å²) in [5.74, 6) is 0. The van der Waals surface area contributed by atoms with Crippen LogP contribution in [0.1, 0.15) is 27.7 Å². The Morgan fingerprint density at radius 2 is 1.45 bits per heavy atom. The SMILES string of the molecule is CC(C)OB(CO)OC(C)C. The maximum absolute atomic E-state index is 8.77. The Bertz CT molecular complexity index is 85.7. The highest BCUT2D eigenvalue weighted by molar-refractivity contribution is 6.44. The molecule has 0 aromatic rings. The van der Waals surface area contributed by atoms with Crippen LogP contribution in [-0.2, 0) is 9.31 Å². The first-order valence-corrected chi connectivity index (χ1v) is 3.98. The summed E-state index contributed by atoms with van der Waals surface area (Å²) in [7, 11) is -0.477. The zero-order valence-corrected chi connectivity index (χ0v) is 7.70. The molecule has 0 unspecified atom stereocenters. The van der Waals surface area contributed by atoms with Gasteiger partial charge in [0, 0.05) is 12.2 Å². The summed E-state index contributed by atoms with van der Waals surface area (Å²) in [5, 5.41) is 8.77. The molecular formula is C7H17BO3. The molecule has 0 amide bonds. The molecule has 0 aliphatic rings. The summed E-state index contributed by atoms with van der Waals surface area (Å²) in [6, 6.07) is 0. The quantitative estimate of drug-likeness (QED) is 0.606. The molecule has 0 bridgehead atoms. The molecule has 0 aliphatic heterocycles. The standard InChI is InChI=1S/C7H17BO3/c1-6(2)10-8(5-9)11-7(3)4/h6-7,9H,5H2,1-4H3. The second-order valence-electron chi connectivity index (χ2n) is 2.98. The topological polar surface area (TPSA) is 38.7 Å². The van der Waals surface area contributed by atoms with E-state index in [9.17, 15) is 0 Å². The number of hydrogen-bond donors (Lipinski definition) is 1. The van der Waals surface area contributed by atoms with Crippen molar-refractivity contribution in [2.75, 3.05) is 6.51 Å². The van der Waals surface area contributed by atoms with Gasteiger partial charge >= 0.3 is 7.12 Å². The van der Waals surface area contributed by atoms with Crippen molar-refractivity contribution in [1.29, 1.82) is 0 Å². The monoisotopic (exact) mass is 160 g/mol. The van der Waals surface area contributed by atoms with Crippen LogP contribution in [0, 0.1) is 0 Å². The lowest BCUT2D eigenvalue weighted by Crippen LogP contribution is -2.33. The van der Waals surface area contributed by atoms with Crippen LogP contribution in [-0.4, -0.2) is 30.9 Å². The van der Waals surface area contributed by atoms with Crippen molar-refractivity contribution in [2.45, 2.75) is 39.9 Å². The largest absolute Gasteiger partial charge is 0.484 e. The van der Waals surface area contributed by atoms with Crippen LogP contribution in [0.25, 0.3) is 0 Å². The molecule has 0 heterocycles. The second-order valence-corrected chi connectivity index (χ2v) is 2.98. The summed E-state index contributed by atoms with van der Waals surface area (Å²) in [4.78, 5) is 0. The van der Waals surface area contributed by atoms with Gasteiger partial charge in [0.2, 0.25) is 0 Å². The fraction of sp³-hybridized carbons (Fsp3) is 1.00. The van der Waals surface area contributed by atoms with Gasteiger partial charge in [-0.2, -0.15) is 0 Å². The molecule has 0 aromatic carbocycles. The van der Waals surface area contributed by atoms with Gasteiger partial charge in [-0.05, 0) is 27.7 Å². The zero-order valence-electron chi connectivity index (χ0n) is 7.70. The van der Waals surface area contributed by atoms with Crippen LogP contribution >= 0.6 is 0 Å². The van der Waals surface area contributed by atoms with E-state index >= 15 is 0 Å². The Hall–Kier alpha value is -0.0551. The smallest absolute Gasteiger partial charge is 0.407 e. The molecule has 66 valence electrons. The Morgan fingerprint density at radius 3 is 1.64 bits per heavy atom. The van der Waals surface area contributed by atoms with E-state index in [1.165, 1.54) is 0 Å². The third-order valence-electron chi connectivity index (χ3n) is 0.997. The van der Waals surface area contributed by atoms with Gasteiger partial charge in [0.05, 0.1) is 6.51 Å². The van der Waals surface area contributed by atoms with Crippen molar-refractivity contribution >= 4 is 7.12 Å². The predicted octanol–water partition coefficient (Wildman–Crippen LogP) is 0.856. The van der Waals surface area contributed by atoms with E-state index in [0.717, 1.165) is 0 Å². The number of aliphatic hydroxyl groups is 1. The molecule has 0 saturated heterocycles. The van der Waals surface area contributed by atoms with Gasteiger partial charge in [-0.3, -0.25) is 0 Å². The van der Waals surface area contributed by atoms with E-state index < -0.39 is 7.12 Å². The van der Waals surface area contributed by atoms with E-state index in [4.69, 9.17) is 14.4 Å². The van der Waals surface area contributed by atoms with Gasteiger partial charge in [0.1, 0.15) is 0 Å². The van der Waals surface area contributed by atoms with Crippen LogP contribution in [0.2, 0.25) is 0 Å². The van der Waals surface area contributed by atoms with E-state index in [2.05, 4.69) is 0 Å². The van der Waals surface area contributed by atoms with Crippen LogP contribution in [0.5, 0.6) is 0 Å². The van der Waals surface area contributed by atoms with E-state index in [1.807, 2.05) is 27.7 Å². The van der Waals surface area contributed by atoms with E-state index in [0.29, 0.717) is 0 Å². The second kappa shape index (κ2) is 5.58. The fourth-order valence-corrected chi connectivity index (χ4v) is 0.725. The van der Waals surface area contributed by atoms with Crippen LogP contribution < -0.4 is 0 Å². The maximum atomic E-state index is 8.77. The van der Waals surface area contributed by atoms with Crippen LogP contribution in [0.3, 0.4) is 0 Å². The molecule has 1 N–H and O–H groups in total. The van der Waals surface area contributed by atoms with Gasteiger partial charge in [-0.25, -0.2) is 0 Å². The van der Waals surface area contributed by atoms with Gasteiger partial charge < -0.3 is 14.4 Å². The van der Waals surface area contributed by atoms with Crippen LogP contribution in [0.4, 0.5) is 0 Å². The average molecular weight is 160 g/mol. The third-order valence-corrected chi connectivity index (χ3v) is 0.997. The Kier molecular flexibility index (Phi) is 5.55. The van der Waals surface area contributed by atoms with Crippen molar-refractivity contribution in [3.8, 4) is 0 Å². The lowest BCUT2D eigenvalue weighted by atomic mass is 9.91. The minimum atomic E-state index is -0.477. The average Bonchev–Trinajstić information content (AvgIpc) is 1.84. The Balaban J connectivity index is 3.58. The van der Waals surface area contributed by atoms with Gasteiger partial charge in [-0.1, -0.05) is 0 Å². The molecule has 0 aromatic heterocycles. The molecule has 0 aliphatic carbocycles. The number of aliphatic hydroxyl groups excluding tert-OH is 1. The van der Waals surface area contributed by atoms with E-state index in [1.54, 1.807) is 0 Å². The Morgan fingerprint density at radius 1 is 1.09 bits per heavy atom. The van der Waals surface area contributed by atoms with Crippen LogP contribution in [0.15, 0.2) is 0 Å². The van der Waals surface area contributed by atoms with Crippen molar-refractivity contribution < 1.29 is 14.4 Å². The van der Waals surface area contributed by atoms with E-state index in [-0.39, 0.29) is 18.7 Å². The van der Waals surface area contributed by atoms with Gasteiger partial charge in [0.15, 0.2) is 0 Å². The third kappa shape index (κ3) is 6.35. The number of rotatable bonds is 5. The summed E-state index contributed by atoms with van der Waals surface area (Å²) in [5.41, 5.74) is 0. The predicted molar refractivity (Wildman–Crippen MR) is 45.3 cm³/mol. The molecule has 3 nitrogen and oxygen atoms in total. The first kappa shape index (κ1) is 10.9. The highest BCUT2D eigenvalue weighted by atomic mass is 16.6. The molecule has 0 atom stereocenters. The molecule has 11 heavy (non-hydrogen) atoms. The highest BCUT2D eigenvalue weighted by Gasteiger charge is 2.19. The van der Waals surface area contributed by atoms with Gasteiger partial charge in [-0.15, -0.1) is 0 Å². The first-order valence-electron chi connectivity index (χ1n) is 3.98. The summed E-state index contributed by atoms with van der Waals surface area (Å²) >= 11 is 0. The van der Waals surface area contributed by atoms with Gasteiger partial charge in [0.25, 0.3) is 0 Å². The summed E-state index contributed by atoms with van der Waals surface area (Å²) in [6.45, 7) is 7.55. The lowest BCUT2D eigenvalue weighted by molar-refractivity contribution is 0.112. The minimum Gasteiger partial charge on any atom is -0.407 e. The summed E-state index contributed by atoms with van der Waals surface area (Å²) < 4.78 is 10.5. The molecule has 4 heteroatoms. The molecule has 0 fully saturated rings. The summed E-state index contributed by atoms with van der Waals surface area (Å²) in [6.07, 6.45) is 0.178. The fourth-order valence-electron chi connectivity index (χ4n) is 0.725.